The number of carbonyl (C=O) groups excluding carboxylic acids is 3. The number of nitrogens with one attached hydrogen (secondary N) is 1. The molecular formula is C31H35N3O8S. The number of likely N-dealkylation sites (tertiary alicyclic amines) is 1. The Kier molecular flexibility index (Phi) is 7.02. The predicted octanol–water partition coefficient (Wildman–Crippen LogP) is 3.95. The third-order valence-electron chi connectivity index (χ3n) is 8.30. The minimum atomic E-state index is -3.59. The van der Waals surface area contributed by atoms with E-state index in [1.54, 1.807) is 39.3 Å². The van der Waals surface area contributed by atoms with Gasteiger partial charge in [-0.05, 0) is 58.2 Å². The van der Waals surface area contributed by atoms with Gasteiger partial charge in [-0.3, -0.25) is 14.5 Å². The molecule has 1 aliphatic heterocycles. The number of sulfone groups is 1. The normalized spacial score (nSPS) is 25.5. The van der Waals surface area contributed by atoms with E-state index < -0.39 is 67.8 Å². The van der Waals surface area contributed by atoms with Crippen LogP contribution < -0.4 is 10.1 Å². The zero-order valence-electron chi connectivity index (χ0n) is 24.4. The van der Waals surface area contributed by atoms with Crippen LogP contribution in [0.2, 0.25) is 0 Å². The molecule has 3 aliphatic rings. The molecule has 228 valence electrons. The predicted molar refractivity (Wildman–Crippen MR) is 158 cm³/mol. The summed E-state index contributed by atoms with van der Waals surface area (Å²) in [6.45, 7) is 8.98. The monoisotopic (exact) mass is 609 g/mol. The van der Waals surface area contributed by atoms with Crippen molar-refractivity contribution in [3.8, 4) is 5.88 Å². The van der Waals surface area contributed by atoms with E-state index in [-0.39, 0.29) is 19.4 Å². The van der Waals surface area contributed by atoms with E-state index >= 15 is 0 Å². The van der Waals surface area contributed by atoms with E-state index in [1.165, 1.54) is 4.90 Å². The van der Waals surface area contributed by atoms with Crippen LogP contribution in [-0.4, -0.2) is 76.9 Å². The lowest BCUT2D eigenvalue weighted by atomic mass is 10.1. The van der Waals surface area contributed by atoms with Gasteiger partial charge in [0.2, 0.25) is 11.8 Å². The number of hydrogen-bond acceptors (Lipinski definition) is 9. The number of furan rings is 1. The van der Waals surface area contributed by atoms with Crippen molar-refractivity contribution >= 4 is 49.4 Å². The molecular weight excluding hydrogens is 574 g/mol. The van der Waals surface area contributed by atoms with Crippen LogP contribution in [0.4, 0.5) is 4.79 Å². The molecule has 1 N–H and O–H groups in total. The molecule has 3 fully saturated rings. The summed E-state index contributed by atoms with van der Waals surface area (Å²) in [6.07, 6.45) is 4.91. The number of Topliss-reactive ketones (excluding diaryl/α,β-unsaturated/α-hetero) is 1. The van der Waals surface area contributed by atoms with Crippen LogP contribution in [0, 0.1) is 5.92 Å². The van der Waals surface area contributed by atoms with Gasteiger partial charge in [0.15, 0.2) is 15.6 Å². The van der Waals surface area contributed by atoms with Crippen molar-refractivity contribution in [1.29, 1.82) is 0 Å². The highest BCUT2D eigenvalue weighted by Crippen LogP contribution is 2.46. The van der Waals surface area contributed by atoms with Crippen molar-refractivity contribution in [1.82, 2.24) is 15.2 Å². The van der Waals surface area contributed by atoms with Gasteiger partial charge in [-0.1, -0.05) is 12.1 Å². The standard InChI is InChI=1S/C31H35N3O8S/c1-5-19-15-31(19,25(35)17-43(38,39)21-7-8-21)33-27(36)24-14-20(16-34(24)29(37)42-30(2,3)4)41-28-23-9-6-18-11-13-40-26(18)22(23)10-12-32-28/h5-6,9-13,19-21,24H,1,7-8,14-17H2,2-4H3,(H,33,36)/t19-,20-,24+,31-/m1/s1. The van der Waals surface area contributed by atoms with Crippen LogP contribution in [0.5, 0.6) is 5.88 Å². The summed E-state index contributed by atoms with van der Waals surface area (Å²) in [7, 11) is -3.59. The summed E-state index contributed by atoms with van der Waals surface area (Å²) < 4.78 is 42.8. The summed E-state index contributed by atoms with van der Waals surface area (Å²) in [6, 6.07) is 6.46. The van der Waals surface area contributed by atoms with Crippen LogP contribution in [0.3, 0.4) is 0 Å². The first-order valence-electron chi connectivity index (χ1n) is 14.4. The fourth-order valence-corrected chi connectivity index (χ4v) is 7.54. The molecule has 0 spiro atoms. The number of ether oxygens (including phenoxy) is 2. The highest BCUT2D eigenvalue weighted by atomic mass is 32.2. The Labute approximate surface area is 249 Å². The maximum atomic E-state index is 13.8. The molecule has 11 nitrogen and oxygen atoms in total. The van der Waals surface area contributed by atoms with E-state index in [2.05, 4.69) is 16.9 Å². The second-order valence-corrected chi connectivity index (χ2v) is 15.0. The molecule has 1 aromatic carbocycles. The van der Waals surface area contributed by atoms with Gasteiger partial charge in [0, 0.05) is 34.7 Å². The lowest BCUT2D eigenvalue weighted by molar-refractivity contribution is -0.130. The number of hydrogen-bond donors (Lipinski definition) is 1. The van der Waals surface area contributed by atoms with Gasteiger partial charge in [-0.15, -0.1) is 6.58 Å². The number of benzene rings is 1. The minimum Gasteiger partial charge on any atom is -0.472 e. The molecule has 2 amide bonds. The van der Waals surface area contributed by atoms with E-state index in [0.29, 0.717) is 24.3 Å². The molecule has 43 heavy (non-hydrogen) atoms. The van der Waals surface area contributed by atoms with E-state index in [9.17, 15) is 22.8 Å². The largest absolute Gasteiger partial charge is 0.472 e. The van der Waals surface area contributed by atoms with Gasteiger partial charge < -0.3 is 19.2 Å². The maximum Gasteiger partial charge on any atom is 0.411 e. The molecule has 3 aromatic rings. The zero-order valence-corrected chi connectivity index (χ0v) is 25.2. The van der Waals surface area contributed by atoms with Crippen molar-refractivity contribution in [2.75, 3.05) is 12.3 Å². The lowest BCUT2D eigenvalue weighted by Crippen LogP contribution is -2.54. The summed E-state index contributed by atoms with van der Waals surface area (Å²) in [5, 5.41) is 4.79. The highest BCUT2D eigenvalue weighted by molar-refractivity contribution is 7.93. The van der Waals surface area contributed by atoms with Crippen LogP contribution >= 0.6 is 0 Å². The van der Waals surface area contributed by atoms with Crippen molar-refractivity contribution < 1.29 is 36.7 Å². The number of nitrogens with zero attached hydrogens (tertiary/aromatic N) is 2. The van der Waals surface area contributed by atoms with Crippen molar-refractivity contribution in [3.63, 3.8) is 0 Å². The Morgan fingerprint density at radius 3 is 2.63 bits per heavy atom. The summed E-state index contributed by atoms with van der Waals surface area (Å²) in [5.74, 6) is -1.85. The van der Waals surface area contributed by atoms with Gasteiger partial charge in [-0.2, -0.15) is 0 Å². The number of aromatic nitrogens is 1. The van der Waals surface area contributed by atoms with Crippen LogP contribution in [0.25, 0.3) is 21.7 Å². The second-order valence-electron chi connectivity index (χ2n) is 12.7. The molecule has 0 radical (unpaired) electrons. The Hall–Kier alpha value is -3.93. The fraction of sp³-hybridized carbons (Fsp3) is 0.484. The molecule has 0 bridgehead atoms. The van der Waals surface area contributed by atoms with Crippen LogP contribution in [0.15, 0.2) is 53.8 Å². The van der Waals surface area contributed by atoms with Gasteiger partial charge in [0.05, 0.1) is 18.1 Å². The first-order valence-corrected chi connectivity index (χ1v) is 16.1. The zero-order chi connectivity index (χ0) is 30.7. The SMILES string of the molecule is C=C[C@@H]1C[C@]1(NC(=O)[C@@H]1C[C@@H](Oc2nccc3c2ccc2ccoc23)CN1C(=O)OC(C)(C)C)C(=O)CS(=O)(=O)C1CC1. The molecule has 0 unspecified atom stereocenters. The topological polar surface area (TPSA) is 145 Å². The maximum absolute atomic E-state index is 13.8. The number of amides is 2. The molecule has 3 heterocycles. The first-order chi connectivity index (χ1) is 20.3. The highest BCUT2D eigenvalue weighted by Gasteiger charge is 2.61. The number of pyridine rings is 1. The number of carbonyl (C=O) groups is 3. The molecule has 12 heteroatoms. The van der Waals surface area contributed by atoms with E-state index in [1.807, 2.05) is 24.3 Å². The Morgan fingerprint density at radius 2 is 1.95 bits per heavy atom. The Balaban J connectivity index is 1.25. The van der Waals surface area contributed by atoms with Crippen LogP contribution in [0.1, 0.15) is 46.5 Å². The average Bonchev–Trinajstić information content (AvgIpc) is 3.81. The van der Waals surface area contributed by atoms with Gasteiger partial charge >= 0.3 is 6.09 Å². The third kappa shape index (κ3) is 5.60. The van der Waals surface area contributed by atoms with Gasteiger partial charge in [0.1, 0.15) is 34.6 Å². The van der Waals surface area contributed by atoms with Crippen LogP contribution in [-0.2, 0) is 24.2 Å². The summed E-state index contributed by atoms with van der Waals surface area (Å²) in [5.41, 5.74) is -1.49. The van der Waals surface area contributed by atoms with E-state index in [4.69, 9.17) is 13.9 Å². The Bertz CT molecular complexity index is 1740. The number of ketones is 1. The first kappa shape index (κ1) is 29.2. The van der Waals surface area contributed by atoms with Crippen molar-refractivity contribution in [2.45, 2.75) is 75.0 Å². The summed E-state index contributed by atoms with van der Waals surface area (Å²) in [4.78, 5) is 46.1. The van der Waals surface area contributed by atoms with E-state index in [0.717, 1.165) is 16.2 Å². The second kappa shape index (κ2) is 10.4. The number of fused-ring (bicyclic) bond motifs is 3. The molecule has 4 atom stereocenters. The van der Waals surface area contributed by atoms with Gasteiger partial charge in [-0.25, -0.2) is 18.2 Å². The quantitative estimate of drug-likeness (QED) is 0.357. The molecule has 2 aliphatic carbocycles. The van der Waals surface area contributed by atoms with Crippen molar-refractivity contribution in [2.24, 2.45) is 5.92 Å². The molecule has 6 rings (SSSR count). The Morgan fingerprint density at radius 1 is 1.19 bits per heavy atom. The number of rotatable bonds is 9. The smallest absolute Gasteiger partial charge is 0.411 e. The lowest BCUT2D eigenvalue weighted by Gasteiger charge is -2.29. The third-order valence-corrected chi connectivity index (χ3v) is 10.5. The molecule has 2 aromatic heterocycles. The van der Waals surface area contributed by atoms with Crippen molar-refractivity contribution in [3.05, 3.63) is 49.4 Å². The fourth-order valence-electron chi connectivity index (χ4n) is 5.83. The minimum absolute atomic E-state index is 0.0377. The van der Waals surface area contributed by atoms with Gasteiger partial charge in [0.25, 0.3) is 0 Å². The molecule has 2 saturated carbocycles. The molecule has 1 saturated heterocycles. The average molecular weight is 610 g/mol. The summed E-state index contributed by atoms with van der Waals surface area (Å²) >= 11 is 0.